The molecule has 1 amide bonds. The summed E-state index contributed by atoms with van der Waals surface area (Å²) in [7, 11) is 0. The maximum absolute atomic E-state index is 11.7. The van der Waals surface area contributed by atoms with E-state index < -0.39 is 35.9 Å². The second kappa shape index (κ2) is 11.3. The van der Waals surface area contributed by atoms with Gasteiger partial charge in [-0.15, -0.1) is 0 Å². The number of aliphatic hydroxyl groups is 2. The van der Waals surface area contributed by atoms with Gasteiger partial charge in [-0.25, -0.2) is 9.59 Å². The molecule has 0 aliphatic rings. The lowest BCUT2D eigenvalue weighted by molar-refractivity contribution is -0.139. The molecule has 0 saturated heterocycles. The molecular weight excluding hydrogens is 328 g/mol. The van der Waals surface area contributed by atoms with Gasteiger partial charge in [-0.2, -0.15) is 0 Å². The average molecular weight is 362 g/mol. The number of unbranched alkanes of at least 4 members (excludes halogenated alkanes) is 1. The fraction of sp³-hybridized carbons (Fsp3) is 0.882. The molecule has 0 aromatic carbocycles. The van der Waals surface area contributed by atoms with Gasteiger partial charge < -0.3 is 25.4 Å². The van der Waals surface area contributed by atoms with Crippen molar-refractivity contribution in [3.63, 3.8) is 0 Å². The van der Waals surface area contributed by atoms with Crippen molar-refractivity contribution in [1.82, 2.24) is 10.2 Å². The number of nitrogens with one attached hydrogen (secondary N) is 1. The quantitative estimate of drug-likeness (QED) is 0.408. The van der Waals surface area contributed by atoms with E-state index in [9.17, 15) is 24.9 Å². The Balaban J connectivity index is 4.33. The lowest BCUT2D eigenvalue weighted by atomic mass is 10.1. The monoisotopic (exact) mass is 362 g/mol. The maximum atomic E-state index is 11.7. The van der Waals surface area contributed by atoms with Crippen molar-refractivity contribution >= 4 is 12.1 Å². The average Bonchev–Trinajstić information content (AvgIpc) is 2.38. The third-order valence-electron chi connectivity index (χ3n) is 3.25. The highest BCUT2D eigenvalue weighted by Gasteiger charge is 2.23. The van der Waals surface area contributed by atoms with Gasteiger partial charge in [0, 0.05) is 13.1 Å². The fourth-order valence-electron chi connectivity index (χ4n) is 2.40. The molecule has 4 N–H and O–H groups in total. The van der Waals surface area contributed by atoms with Crippen molar-refractivity contribution in [3.8, 4) is 0 Å². The summed E-state index contributed by atoms with van der Waals surface area (Å²) in [5.74, 6) is -1.10. The molecule has 0 radical (unpaired) electrons. The number of carbonyl (C=O) groups excluding carboxylic acids is 1. The van der Waals surface area contributed by atoms with Crippen molar-refractivity contribution < 1.29 is 29.6 Å². The zero-order chi connectivity index (χ0) is 19.6. The van der Waals surface area contributed by atoms with Crippen LogP contribution in [0.2, 0.25) is 0 Å². The van der Waals surface area contributed by atoms with Gasteiger partial charge in [0.15, 0.2) is 0 Å². The number of amides is 1. The maximum Gasteiger partial charge on any atom is 0.408 e. The molecule has 8 nitrogen and oxygen atoms in total. The summed E-state index contributed by atoms with van der Waals surface area (Å²) >= 11 is 0. The summed E-state index contributed by atoms with van der Waals surface area (Å²) < 4.78 is 5.07. The Hall–Kier alpha value is -1.38. The molecule has 3 atom stereocenters. The highest BCUT2D eigenvalue weighted by atomic mass is 16.6. The smallest absolute Gasteiger partial charge is 0.408 e. The molecule has 0 rings (SSSR count). The largest absolute Gasteiger partial charge is 0.480 e. The zero-order valence-electron chi connectivity index (χ0n) is 16.0. The van der Waals surface area contributed by atoms with E-state index >= 15 is 0 Å². The number of ether oxygens (including phenoxy) is 1. The van der Waals surface area contributed by atoms with Crippen LogP contribution in [0.25, 0.3) is 0 Å². The Kier molecular flexibility index (Phi) is 10.7. The second-order valence-electron chi connectivity index (χ2n) is 7.49. The minimum Gasteiger partial charge on any atom is -0.480 e. The van der Waals surface area contributed by atoms with E-state index in [-0.39, 0.29) is 6.42 Å². The summed E-state index contributed by atoms with van der Waals surface area (Å²) in [5.41, 5.74) is -0.685. The predicted octanol–water partition coefficient (Wildman–Crippen LogP) is 1.20. The summed E-state index contributed by atoms with van der Waals surface area (Å²) in [5, 5.41) is 30.6. The van der Waals surface area contributed by atoms with Crippen molar-refractivity contribution in [2.24, 2.45) is 0 Å². The standard InChI is InChI=1S/C17H34N2O6/c1-12(20)10-19(11-13(2)21)9-7-6-8-14(15(22)23)18-16(24)25-17(3,4)5/h12-14,20-21H,6-11H2,1-5H3,(H,18,24)(H,22,23). The molecule has 0 fully saturated rings. The van der Waals surface area contributed by atoms with Gasteiger partial charge in [-0.05, 0) is 60.4 Å². The van der Waals surface area contributed by atoms with E-state index in [1.54, 1.807) is 34.6 Å². The molecule has 3 unspecified atom stereocenters. The van der Waals surface area contributed by atoms with E-state index in [1.807, 2.05) is 4.90 Å². The molecule has 0 heterocycles. The predicted molar refractivity (Wildman–Crippen MR) is 94.4 cm³/mol. The van der Waals surface area contributed by atoms with Crippen molar-refractivity contribution in [1.29, 1.82) is 0 Å². The van der Waals surface area contributed by atoms with Gasteiger partial charge in [-0.1, -0.05) is 0 Å². The highest BCUT2D eigenvalue weighted by Crippen LogP contribution is 2.09. The summed E-state index contributed by atoms with van der Waals surface area (Å²) in [6.07, 6.45) is -0.183. The van der Waals surface area contributed by atoms with Crippen LogP contribution >= 0.6 is 0 Å². The number of aliphatic carboxylic acids is 1. The van der Waals surface area contributed by atoms with Crippen molar-refractivity contribution in [2.45, 2.75) is 77.7 Å². The molecule has 0 aliphatic heterocycles. The number of aliphatic hydroxyl groups excluding tert-OH is 2. The Morgan fingerprint density at radius 3 is 2.00 bits per heavy atom. The van der Waals surface area contributed by atoms with E-state index in [2.05, 4.69) is 5.32 Å². The zero-order valence-corrected chi connectivity index (χ0v) is 16.0. The first-order chi connectivity index (χ1) is 11.4. The van der Waals surface area contributed by atoms with Gasteiger partial charge >= 0.3 is 12.1 Å². The molecule has 0 saturated carbocycles. The van der Waals surface area contributed by atoms with Crippen LogP contribution in [0.15, 0.2) is 0 Å². The number of carboxylic acids is 1. The van der Waals surface area contributed by atoms with Crippen LogP contribution in [0.1, 0.15) is 53.9 Å². The lowest BCUT2D eigenvalue weighted by Gasteiger charge is -2.25. The Morgan fingerprint density at radius 2 is 1.60 bits per heavy atom. The number of alkyl carbamates (subject to hydrolysis) is 1. The number of hydrogen-bond acceptors (Lipinski definition) is 6. The van der Waals surface area contributed by atoms with Crippen LogP contribution in [0, 0.1) is 0 Å². The first-order valence-electron chi connectivity index (χ1n) is 8.71. The molecule has 0 bridgehead atoms. The molecule has 148 valence electrons. The van der Waals surface area contributed by atoms with Gasteiger partial charge in [0.25, 0.3) is 0 Å². The van der Waals surface area contributed by atoms with Crippen LogP contribution < -0.4 is 5.32 Å². The molecule has 25 heavy (non-hydrogen) atoms. The van der Waals surface area contributed by atoms with Crippen LogP contribution in [0.3, 0.4) is 0 Å². The molecular formula is C17H34N2O6. The number of carbonyl (C=O) groups is 2. The van der Waals surface area contributed by atoms with Gasteiger partial charge in [0.1, 0.15) is 11.6 Å². The van der Waals surface area contributed by atoms with Crippen LogP contribution in [-0.2, 0) is 9.53 Å². The summed E-state index contributed by atoms with van der Waals surface area (Å²) in [6, 6.07) is -1.00. The molecule has 0 spiro atoms. The number of hydrogen-bond donors (Lipinski definition) is 4. The third kappa shape index (κ3) is 13.6. The van der Waals surface area contributed by atoms with E-state index in [0.717, 1.165) is 0 Å². The molecule has 0 aromatic rings. The Labute approximate surface area is 150 Å². The number of nitrogens with zero attached hydrogens (tertiary/aromatic N) is 1. The minimum absolute atomic E-state index is 0.284. The van der Waals surface area contributed by atoms with Gasteiger partial charge in [0.2, 0.25) is 0 Å². The first kappa shape index (κ1) is 23.6. The highest BCUT2D eigenvalue weighted by molar-refractivity contribution is 5.79. The summed E-state index contributed by atoms with van der Waals surface area (Å²) in [4.78, 5) is 24.9. The lowest BCUT2D eigenvalue weighted by Crippen LogP contribution is -2.43. The van der Waals surface area contributed by atoms with Crippen LogP contribution in [-0.4, -0.2) is 75.8 Å². The Bertz CT molecular complexity index is 396. The summed E-state index contributed by atoms with van der Waals surface area (Å²) in [6.45, 7) is 10.0. The first-order valence-corrected chi connectivity index (χ1v) is 8.71. The van der Waals surface area contributed by atoms with Crippen LogP contribution in [0.5, 0.6) is 0 Å². The normalized spacial score (nSPS) is 15.5. The van der Waals surface area contributed by atoms with Crippen molar-refractivity contribution in [3.05, 3.63) is 0 Å². The fourth-order valence-corrected chi connectivity index (χ4v) is 2.40. The SMILES string of the molecule is CC(O)CN(CCCCC(NC(=O)OC(C)(C)C)C(=O)O)CC(C)O. The van der Waals surface area contributed by atoms with Gasteiger partial charge in [0.05, 0.1) is 12.2 Å². The van der Waals surface area contributed by atoms with Crippen molar-refractivity contribution in [2.75, 3.05) is 19.6 Å². The Morgan fingerprint density at radius 1 is 1.08 bits per heavy atom. The van der Waals surface area contributed by atoms with E-state index in [0.29, 0.717) is 32.5 Å². The third-order valence-corrected chi connectivity index (χ3v) is 3.25. The molecule has 0 aromatic heterocycles. The second-order valence-corrected chi connectivity index (χ2v) is 7.49. The molecule has 0 aliphatic carbocycles. The number of carboxylic acid groups (broad SMARTS) is 1. The molecule has 8 heteroatoms. The topological polar surface area (TPSA) is 119 Å². The van der Waals surface area contributed by atoms with E-state index in [4.69, 9.17) is 4.74 Å². The minimum atomic E-state index is -1.10. The van der Waals surface area contributed by atoms with Crippen LogP contribution in [0.4, 0.5) is 4.79 Å². The number of rotatable bonds is 11. The van der Waals surface area contributed by atoms with E-state index in [1.165, 1.54) is 0 Å². The van der Waals surface area contributed by atoms with Gasteiger partial charge in [-0.3, -0.25) is 4.90 Å².